The van der Waals surface area contributed by atoms with Crippen LogP contribution in [-0.2, 0) is 9.53 Å². The molecular formula is C14H17NO4. The molecule has 0 saturated heterocycles. The minimum absolute atomic E-state index is 0.107. The van der Waals surface area contributed by atoms with Crippen LogP contribution in [0.1, 0.15) is 36.0 Å². The predicted octanol–water partition coefficient (Wildman–Crippen LogP) is 2.28. The van der Waals surface area contributed by atoms with Crippen LogP contribution in [0.25, 0.3) is 0 Å². The van der Waals surface area contributed by atoms with Crippen LogP contribution < -0.4 is 5.32 Å². The molecule has 0 unspecified atom stereocenters. The maximum absolute atomic E-state index is 11.9. The zero-order chi connectivity index (χ0) is 13.9. The lowest BCUT2D eigenvalue weighted by Gasteiger charge is -2.39. The van der Waals surface area contributed by atoms with E-state index in [4.69, 9.17) is 9.84 Å². The number of benzene rings is 1. The summed E-state index contributed by atoms with van der Waals surface area (Å²) in [5.74, 6) is -1.09. The molecule has 19 heavy (non-hydrogen) atoms. The SMILES string of the molecule is COC1(CC(=O)Nc2ccc(C(=O)O)cc2)CCC1. The number of carboxylic acids is 1. The molecule has 2 N–H and O–H groups in total. The Balaban J connectivity index is 1.93. The first-order chi connectivity index (χ1) is 9.04. The van der Waals surface area contributed by atoms with Crippen LogP contribution in [0.5, 0.6) is 0 Å². The molecule has 5 heteroatoms. The molecule has 0 heterocycles. The van der Waals surface area contributed by atoms with Gasteiger partial charge in [-0.05, 0) is 43.5 Å². The van der Waals surface area contributed by atoms with E-state index < -0.39 is 5.97 Å². The van der Waals surface area contributed by atoms with Gasteiger partial charge in [0.1, 0.15) is 0 Å². The van der Waals surface area contributed by atoms with Gasteiger partial charge in [0.15, 0.2) is 0 Å². The quantitative estimate of drug-likeness (QED) is 0.854. The molecular weight excluding hydrogens is 246 g/mol. The molecule has 1 fully saturated rings. The Morgan fingerprint density at radius 1 is 1.32 bits per heavy atom. The van der Waals surface area contributed by atoms with E-state index in [0.717, 1.165) is 19.3 Å². The van der Waals surface area contributed by atoms with Crippen LogP contribution in [0.4, 0.5) is 5.69 Å². The molecule has 1 aromatic carbocycles. The molecule has 1 aromatic rings. The Morgan fingerprint density at radius 3 is 2.37 bits per heavy atom. The summed E-state index contributed by atoms with van der Waals surface area (Å²) >= 11 is 0. The van der Waals surface area contributed by atoms with Crippen molar-refractivity contribution in [2.75, 3.05) is 12.4 Å². The van der Waals surface area contributed by atoms with Gasteiger partial charge in [0.2, 0.25) is 5.91 Å². The van der Waals surface area contributed by atoms with Crippen molar-refractivity contribution in [3.05, 3.63) is 29.8 Å². The van der Waals surface area contributed by atoms with E-state index in [2.05, 4.69) is 5.32 Å². The number of hydrogen-bond acceptors (Lipinski definition) is 3. The summed E-state index contributed by atoms with van der Waals surface area (Å²) in [7, 11) is 1.63. The zero-order valence-electron chi connectivity index (χ0n) is 10.8. The molecule has 1 aliphatic carbocycles. The van der Waals surface area contributed by atoms with E-state index in [1.54, 1.807) is 19.2 Å². The van der Waals surface area contributed by atoms with Crippen LogP contribution >= 0.6 is 0 Å². The maximum Gasteiger partial charge on any atom is 0.335 e. The van der Waals surface area contributed by atoms with Crippen molar-refractivity contribution in [2.24, 2.45) is 0 Å². The number of methoxy groups -OCH3 is 1. The first-order valence-electron chi connectivity index (χ1n) is 6.23. The Bertz CT molecular complexity index is 471. The highest BCUT2D eigenvalue weighted by molar-refractivity contribution is 5.93. The van der Waals surface area contributed by atoms with Crippen LogP contribution in [-0.4, -0.2) is 29.7 Å². The number of amides is 1. The molecule has 1 aliphatic rings. The number of carbonyl (C=O) groups excluding carboxylic acids is 1. The lowest BCUT2D eigenvalue weighted by molar-refractivity contribution is -0.129. The average molecular weight is 263 g/mol. The first-order valence-corrected chi connectivity index (χ1v) is 6.23. The highest BCUT2D eigenvalue weighted by Gasteiger charge is 2.38. The molecule has 2 rings (SSSR count). The second-order valence-corrected chi connectivity index (χ2v) is 4.85. The van der Waals surface area contributed by atoms with Crippen LogP contribution in [0.2, 0.25) is 0 Å². The van der Waals surface area contributed by atoms with Gasteiger partial charge in [-0.3, -0.25) is 4.79 Å². The number of rotatable bonds is 5. The minimum atomic E-state index is -0.981. The monoisotopic (exact) mass is 263 g/mol. The van der Waals surface area contributed by atoms with Gasteiger partial charge in [-0.25, -0.2) is 4.79 Å². The van der Waals surface area contributed by atoms with Gasteiger partial charge in [-0.15, -0.1) is 0 Å². The van der Waals surface area contributed by atoms with E-state index in [1.807, 2.05) is 0 Å². The molecule has 5 nitrogen and oxygen atoms in total. The highest BCUT2D eigenvalue weighted by atomic mass is 16.5. The molecule has 0 aromatic heterocycles. The zero-order valence-corrected chi connectivity index (χ0v) is 10.8. The lowest BCUT2D eigenvalue weighted by atomic mass is 9.77. The standard InChI is InChI=1S/C14H17NO4/c1-19-14(7-2-8-14)9-12(16)15-11-5-3-10(4-6-11)13(17)18/h3-6H,2,7-9H2,1H3,(H,15,16)(H,17,18). The van der Waals surface area contributed by atoms with E-state index in [1.165, 1.54) is 12.1 Å². The Morgan fingerprint density at radius 2 is 1.95 bits per heavy atom. The minimum Gasteiger partial charge on any atom is -0.478 e. The Hall–Kier alpha value is -1.88. The van der Waals surface area contributed by atoms with Crippen molar-refractivity contribution in [3.63, 3.8) is 0 Å². The smallest absolute Gasteiger partial charge is 0.335 e. The molecule has 0 radical (unpaired) electrons. The summed E-state index contributed by atoms with van der Waals surface area (Å²) < 4.78 is 5.39. The molecule has 1 saturated carbocycles. The van der Waals surface area contributed by atoms with Crippen molar-refractivity contribution >= 4 is 17.6 Å². The fourth-order valence-corrected chi connectivity index (χ4v) is 2.22. The molecule has 102 valence electrons. The number of hydrogen-bond donors (Lipinski definition) is 2. The Labute approximate surface area is 111 Å². The third-order valence-electron chi connectivity index (χ3n) is 3.60. The first kappa shape index (κ1) is 13.5. The van der Waals surface area contributed by atoms with E-state index in [-0.39, 0.29) is 17.1 Å². The maximum atomic E-state index is 11.9. The number of carboxylic acid groups (broad SMARTS) is 1. The van der Waals surface area contributed by atoms with E-state index in [9.17, 15) is 9.59 Å². The Kier molecular flexibility index (Phi) is 3.85. The van der Waals surface area contributed by atoms with Gasteiger partial charge in [-0.1, -0.05) is 0 Å². The second-order valence-electron chi connectivity index (χ2n) is 4.85. The van der Waals surface area contributed by atoms with E-state index in [0.29, 0.717) is 12.1 Å². The van der Waals surface area contributed by atoms with Gasteiger partial charge in [0, 0.05) is 12.8 Å². The summed E-state index contributed by atoms with van der Waals surface area (Å²) in [6.45, 7) is 0. The molecule has 0 aliphatic heterocycles. The number of anilines is 1. The molecule has 0 bridgehead atoms. The fraction of sp³-hybridized carbons (Fsp3) is 0.429. The van der Waals surface area contributed by atoms with Gasteiger partial charge in [0.05, 0.1) is 17.6 Å². The molecule has 0 spiro atoms. The van der Waals surface area contributed by atoms with Crippen LogP contribution in [0, 0.1) is 0 Å². The number of ether oxygens (including phenoxy) is 1. The van der Waals surface area contributed by atoms with Crippen LogP contribution in [0.3, 0.4) is 0 Å². The van der Waals surface area contributed by atoms with Gasteiger partial charge < -0.3 is 15.2 Å². The number of carbonyl (C=O) groups is 2. The molecule has 1 amide bonds. The largest absolute Gasteiger partial charge is 0.478 e. The topological polar surface area (TPSA) is 75.6 Å². The summed E-state index contributed by atoms with van der Waals surface area (Å²) in [6.07, 6.45) is 3.25. The van der Waals surface area contributed by atoms with Crippen molar-refractivity contribution in [3.8, 4) is 0 Å². The molecule has 0 atom stereocenters. The van der Waals surface area contributed by atoms with Crippen molar-refractivity contribution in [1.82, 2.24) is 0 Å². The predicted molar refractivity (Wildman–Crippen MR) is 70.2 cm³/mol. The summed E-state index contributed by atoms with van der Waals surface area (Å²) in [5.41, 5.74) is 0.497. The normalized spacial score (nSPS) is 16.5. The summed E-state index contributed by atoms with van der Waals surface area (Å²) in [4.78, 5) is 22.6. The van der Waals surface area contributed by atoms with Crippen molar-refractivity contribution in [1.29, 1.82) is 0 Å². The van der Waals surface area contributed by atoms with Gasteiger partial charge in [-0.2, -0.15) is 0 Å². The lowest BCUT2D eigenvalue weighted by Crippen LogP contribution is -2.42. The van der Waals surface area contributed by atoms with Gasteiger partial charge >= 0.3 is 5.97 Å². The van der Waals surface area contributed by atoms with Crippen molar-refractivity contribution in [2.45, 2.75) is 31.3 Å². The fourth-order valence-electron chi connectivity index (χ4n) is 2.22. The highest BCUT2D eigenvalue weighted by Crippen LogP contribution is 2.38. The number of aromatic carboxylic acids is 1. The van der Waals surface area contributed by atoms with Gasteiger partial charge in [0.25, 0.3) is 0 Å². The average Bonchev–Trinajstić information content (AvgIpc) is 2.34. The van der Waals surface area contributed by atoms with Crippen LogP contribution in [0.15, 0.2) is 24.3 Å². The second kappa shape index (κ2) is 5.40. The number of nitrogens with one attached hydrogen (secondary N) is 1. The van der Waals surface area contributed by atoms with E-state index >= 15 is 0 Å². The summed E-state index contributed by atoms with van der Waals surface area (Å²) in [6, 6.07) is 6.10. The van der Waals surface area contributed by atoms with Crippen molar-refractivity contribution < 1.29 is 19.4 Å². The summed E-state index contributed by atoms with van der Waals surface area (Å²) in [5, 5.41) is 11.5. The third-order valence-corrected chi connectivity index (χ3v) is 3.60. The third kappa shape index (κ3) is 3.12.